The molecular weight excluding hydrogens is 296 g/mol. The summed E-state index contributed by atoms with van der Waals surface area (Å²) in [6, 6.07) is 19.1. The smallest absolute Gasteiger partial charge is 0.135 e. The standard InChI is InChI=1S/C18H16OS2/c1-2-5-13(6-3-1)17-12-15-11-14(7-8-16(15)19-17)18-20-9-4-10-21-18/h1-3,5-8,11-12,18H,4,9-10H2. The number of rotatable bonds is 2. The first kappa shape index (κ1) is 13.4. The summed E-state index contributed by atoms with van der Waals surface area (Å²) in [6.45, 7) is 0. The Morgan fingerprint density at radius 3 is 2.52 bits per heavy atom. The maximum Gasteiger partial charge on any atom is 0.135 e. The SMILES string of the molecule is c1ccc(-c2cc3cc(C4SCCCS4)ccc3o2)cc1. The van der Waals surface area contributed by atoms with Gasteiger partial charge in [0.15, 0.2) is 0 Å². The van der Waals surface area contributed by atoms with Crippen LogP contribution in [0.3, 0.4) is 0 Å². The lowest BCUT2D eigenvalue weighted by molar-refractivity contribution is 0.631. The van der Waals surface area contributed by atoms with Gasteiger partial charge in [0, 0.05) is 10.9 Å². The van der Waals surface area contributed by atoms with Gasteiger partial charge in [-0.15, -0.1) is 23.5 Å². The summed E-state index contributed by atoms with van der Waals surface area (Å²) in [7, 11) is 0. The quantitative estimate of drug-likeness (QED) is 0.579. The molecule has 1 nitrogen and oxygen atoms in total. The molecule has 21 heavy (non-hydrogen) atoms. The summed E-state index contributed by atoms with van der Waals surface area (Å²) >= 11 is 4.12. The van der Waals surface area contributed by atoms with E-state index in [4.69, 9.17) is 4.42 Å². The highest BCUT2D eigenvalue weighted by atomic mass is 32.2. The van der Waals surface area contributed by atoms with E-state index in [0.717, 1.165) is 16.9 Å². The van der Waals surface area contributed by atoms with Gasteiger partial charge >= 0.3 is 0 Å². The Morgan fingerprint density at radius 1 is 0.905 bits per heavy atom. The zero-order chi connectivity index (χ0) is 14.1. The van der Waals surface area contributed by atoms with Gasteiger partial charge in [-0.25, -0.2) is 0 Å². The van der Waals surface area contributed by atoms with Crippen molar-refractivity contribution in [1.29, 1.82) is 0 Å². The predicted molar refractivity (Wildman–Crippen MR) is 93.9 cm³/mol. The van der Waals surface area contributed by atoms with Crippen LogP contribution in [0.25, 0.3) is 22.3 Å². The van der Waals surface area contributed by atoms with E-state index in [9.17, 15) is 0 Å². The summed E-state index contributed by atoms with van der Waals surface area (Å²) in [5.41, 5.74) is 3.53. The molecule has 1 fully saturated rings. The average molecular weight is 312 g/mol. The minimum absolute atomic E-state index is 0.582. The maximum atomic E-state index is 5.98. The molecule has 0 radical (unpaired) electrons. The molecule has 0 saturated carbocycles. The number of hydrogen-bond donors (Lipinski definition) is 0. The molecule has 2 heterocycles. The lowest BCUT2D eigenvalue weighted by Gasteiger charge is -2.21. The molecule has 0 bridgehead atoms. The van der Waals surface area contributed by atoms with Gasteiger partial charge in [0.05, 0.1) is 4.58 Å². The molecule has 1 aliphatic heterocycles. The molecule has 0 atom stereocenters. The second-order valence-corrected chi connectivity index (χ2v) is 7.93. The minimum Gasteiger partial charge on any atom is -0.456 e. The normalized spacial score (nSPS) is 16.4. The van der Waals surface area contributed by atoms with Gasteiger partial charge in [-0.2, -0.15) is 0 Å². The van der Waals surface area contributed by atoms with Crippen molar-refractivity contribution in [3.8, 4) is 11.3 Å². The van der Waals surface area contributed by atoms with Crippen LogP contribution in [0.5, 0.6) is 0 Å². The number of fused-ring (bicyclic) bond motifs is 1. The molecule has 0 unspecified atom stereocenters. The zero-order valence-corrected chi connectivity index (χ0v) is 13.3. The number of benzene rings is 2. The van der Waals surface area contributed by atoms with Gasteiger partial charge in [0.25, 0.3) is 0 Å². The van der Waals surface area contributed by atoms with Crippen molar-refractivity contribution in [1.82, 2.24) is 0 Å². The maximum absolute atomic E-state index is 5.98. The Morgan fingerprint density at radius 2 is 1.71 bits per heavy atom. The van der Waals surface area contributed by atoms with Crippen LogP contribution in [-0.4, -0.2) is 11.5 Å². The number of hydrogen-bond acceptors (Lipinski definition) is 3. The van der Waals surface area contributed by atoms with Crippen LogP contribution in [0.15, 0.2) is 59.0 Å². The third kappa shape index (κ3) is 2.72. The molecule has 106 valence electrons. The number of furan rings is 1. The fraction of sp³-hybridized carbons (Fsp3) is 0.222. The largest absolute Gasteiger partial charge is 0.456 e. The third-order valence-corrected chi connectivity index (χ3v) is 6.71. The molecule has 0 amide bonds. The Bertz CT molecular complexity index is 742. The van der Waals surface area contributed by atoms with Crippen LogP contribution in [0, 0.1) is 0 Å². The summed E-state index contributed by atoms with van der Waals surface area (Å²) in [5.74, 6) is 3.50. The van der Waals surface area contributed by atoms with E-state index in [1.807, 2.05) is 18.2 Å². The van der Waals surface area contributed by atoms with Crippen LogP contribution in [0.1, 0.15) is 16.6 Å². The van der Waals surface area contributed by atoms with Crippen LogP contribution in [-0.2, 0) is 0 Å². The van der Waals surface area contributed by atoms with Crippen LogP contribution in [0.2, 0.25) is 0 Å². The van der Waals surface area contributed by atoms with E-state index in [1.165, 1.54) is 28.9 Å². The summed E-state index contributed by atoms with van der Waals surface area (Å²) < 4.78 is 6.56. The van der Waals surface area contributed by atoms with Crippen LogP contribution >= 0.6 is 23.5 Å². The Kier molecular flexibility index (Phi) is 3.70. The second kappa shape index (κ2) is 5.82. The Hall–Kier alpha value is -1.32. The minimum atomic E-state index is 0.582. The van der Waals surface area contributed by atoms with Crippen molar-refractivity contribution in [3.05, 3.63) is 60.2 Å². The topological polar surface area (TPSA) is 13.1 Å². The van der Waals surface area contributed by atoms with Gasteiger partial charge in [-0.1, -0.05) is 36.4 Å². The Balaban J connectivity index is 1.71. The molecule has 0 aliphatic carbocycles. The zero-order valence-electron chi connectivity index (χ0n) is 11.6. The van der Waals surface area contributed by atoms with Crippen LogP contribution < -0.4 is 0 Å². The molecule has 0 N–H and O–H groups in total. The van der Waals surface area contributed by atoms with Crippen molar-refractivity contribution in [2.75, 3.05) is 11.5 Å². The van der Waals surface area contributed by atoms with Crippen molar-refractivity contribution >= 4 is 34.5 Å². The van der Waals surface area contributed by atoms with Crippen LogP contribution in [0.4, 0.5) is 0 Å². The van der Waals surface area contributed by atoms with E-state index in [0.29, 0.717) is 4.58 Å². The molecule has 1 saturated heterocycles. The average Bonchev–Trinajstić information content (AvgIpc) is 2.99. The molecule has 0 spiro atoms. The first-order valence-electron chi connectivity index (χ1n) is 7.22. The number of thioether (sulfide) groups is 2. The van der Waals surface area contributed by atoms with E-state index >= 15 is 0 Å². The van der Waals surface area contributed by atoms with E-state index in [-0.39, 0.29) is 0 Å². The van der Waals surface area contributed by atoms with E-state index in [2.05, 4.69) is 59.9 Å². The third-order valence-electron chi connectivity index (χ3n) is 3.70. The van der Waals surface area contributed by atoms with Crippen molar-refractivity contribution in [2.24, 2.45) is 0 Å². The predicted octanol–water partition coefficient (Wildman–Crippen LogP) is 5.97. The molecule has 1 aromatic heterocycles. The van der Waals surface area contributed by atoms with E-state index < -0.39 is 0 Å². The van der Waals surface area contributed by atoms with E-state index in [1.54, 1.807) is 0 Å². The monoisotopic (exact) mass is 312 g/mol. The summed E-state index contributed by atoms with van der Waals surface area (Å²) in [6.07, 6.45) is 1.33. The molecule has 1 aliphatic rings. The second-order valence-electron chi connectivity index (χ2n) is 5.20. The van der Waals surface area contributed by atoms with Crippen molar-refractivity contribution in [2.45, 2.75) is 11.0 Å². The molecule has 3 aromatic rings. The summed E-state index contributed by atoms with van der Waals surface area (Å²) in [4.78, 5) is 0. The van der Waals surface area contributed by atoms with Crippen molar-refractivity contribution in [3.63, 3.8) is 0 Å². The lowest BCUT2D eigenvalue weighted by Crippen LogP contribution is -1.99. The van der Waals surface area contributed by atoms with Gasteiger partial charge in [0.1, 0.15) is 11.3 Å². The molecule has 3 heteroatoms. The first-order valence-corrected chi connectivity index (χ1v) is 9.32. The highest BCUT2D eigenvalue weighted by Gasteiger charge is 2.17. The first-order chi connectivity index (χ1) is 10.4. The lowest BCUT2D eigenvalue weighted by atomic mass is 10.1. The highest BCUT2D eigenvalue weighted by molar-refractivity contribution is 8.16. The van der Waals surface area contributed by atoms with Gasteiger partial charge in [-0.05, 0) is 41.7 Å². The van der Waals surface area contributed by atoms with Gasteiger partial charge in [0.2, 0.25) is 0 Å². The fourth-order valence-corrected chi connectivity index (χ4v) is 5.51. The summed E-state index contributed by atoms with van der Waals surface area (Å²) in [5, 5.41) is 1.21. The van der Waals surface area contributed by atoms with Gasteiger partial charge < -0.3 is 4.42 Å². The Labute approximate surface area is 133 Å². The molecular formula is C18H16OS2. The molecule has 4 rings (SSSR count). The van der Waals surface area contributed by atoms with Gasteiger partial charge in [-0.3, -0.25) is 0 Å². The highest BCUT2D eigenvalue weighted by Crippen LogP contribution is 2.44. The fourth-order valence-electron chi connectivity index (χ4n) is 2.63. The van der Waals surface area contributed by atoms with Crippen molar-refractivity contribution < 1.29 is 4.42 Å². The molecule has 2 aromatic carbocycles.